The summed E-state index contributed by atoms with van der Waals surface area (Å²) in [4.78, 5) is 17.2. The van der Waals surface area contributed by atoms with Crippen molar-refractivity contribution >= 4 is 22.4 Å². The number of aromatic nitrogens is 1. The molecule has 5 nitrogen and oxygen atoms in total. The maximum atomic E-state index is 12.1. The van der Waals surface area contributed by atoms with Crippen molar-refractivity contribution in [3.63, 3.8) is 0 Å². The molecule has 31 heavy (non-hydrogen) atoms. The third-order valence-electron chi connectivity index (χ3n) is 6.46. The number of hydrogen-bond donors (Lipinski definition) is 0. The number of hydrogen-bond acceptors (Lipinski definition) is 4. The van der Waals surface area contributed by atoms with Gasteiger partial charge in [-0.2, -0.15) is 0 Å². The van der Waals surface area contributed by atoms with Crippen molar-refractivity contribution in [1.82, 2.24) is 9.47 Å². The minimum absolute atomic E-state index is 0.0969. The van der Waals surface area contributed by atoms with Crippen LogP contribution in [0.1, 0.15) is 34.8 Å². The second kappa shape index (κ2) is 9.15. The van der Waals surface area contributed by atoms with E-state index in [2.05, 4.69) is 46.4 Å². The number of para-hydroxylation sites is 2. The van der Waals surface area contributed by atoms with Crippen molar-refractivity contribution in [1.29, 1.82) is 0 Å². The van der Waals surface area contributed by atoms with Crippen LogP contribution in [-0.4, -0.2) is 55.1 Å². The van der Waals surface area contributed by atoms with Gasteiger partial charge >= 0.3 is 0 Å². The summed E-state index contributed by atoms with van der Waals surface area (Å²) in [6, 6.07) is 12.5. The van der Waals surface area contributed by atoms with Gasteiger partial charge < -0.3 is 14.2 Å². The van der Waals surface area contributed by atoms with E-state index in [0.717, 1.165) is 67.9 Å². The molecule has 1 aliphatic rings. The second-order valence-electron chi connectivity index (χ2n) is 8.57. The van der Waals surface area contributed by atoms with Gasteiger partial charge in [-0.15, -0.1) is 0 Å². The number of anilines is 1. The molecule has 1 fully saturated rings. The zero-order valence-electron chi connectivity index (χ0n) is 19.1. The van der Waals surface area contributed by atoms with E-state index in [1.54, 1.807) is 14.0 Å². The van der Waals surface area contributed by atoms with Crippen LogP contribution in [0.4, 0.5) is 5.69 Å². The molecular weight excluding hydrogens is 386 g/mol. The minimum atomic E-state index is 0.0969. The molecule has 5 heteroatoms. The number of nitrogens with zero attached hydrogens (tertiary/aromatic N) is 3. The van der Waals surface area contributed by atoms with Gasteiger partial charge in [0.1, 0.15) is 5.75 Å². The molecule has 0 N–H and O–H groups in total. The number of ketones is 1. The summed E-state index contributed by atoms with van der Waals surface area (Å²) in [6.07, 6.45) is 3.04. The van der Waals surface area contributed by atoms with Crippen molar-refractivity contribution in [2.24, 2.45) is 0 Å². The van der Waals surface area contributed by atoms with Gasteiger partial charge in [0.25, 0.3) is 0 Å². The highest BCUT2D eigenvalue weighted by Crippen LogP contribution is 2.30. The Morgan fingerprint density at radius 2 is 1.65 bits per heavy atom. The molecule has 0 aliphatic carbocycles. The monoisotopic (exact) mass is 419 g/mol. The van der Waals surface area contributed by atoms with Crippen molar-refractivity contribution in [3.8, 4) is 5.75 Å². The molecule has 3 aromatic rings. The van der Waals surface area contributed by atoms with E-state index < -0.39 is 0 Å². The lowest BCUT2D eigenvalue weighted by Crippen LogP contribution is -2.47. The summed E-state index contributed by atoms with van der Waals surface area (Å²) in [5.74, 6) is 0.923. The van der Waals surface area contributed by atoms with E-state index in [-0.39, 0.29) is 5.78 Å². The van der Waals surface area contributed by atoms with E-state index in [4.69, 9.17) is 4.74 Å². The fraction of sp³-hybridized carbons (Fsp3) is 0.423. The summed E-state index contributed by atoms with van der Waals surface area (Å²) < 4.78 is 7.77. The van der Waals surface area contributed by atoms with Gasteiger partial charge in [-0.25, -0.2) is 0 Å². The molecular formula is C26H33N3O2. The van der Waals surface area contributed by atoms with Crippen LogP contribution in [0.5, 0.6) is 5.75 Å². The van der Waals surface area contributed by atoms with Gasteiger partial charge in [0.2, 0.25) is 0 Å². The molecule has 0 unspecified atom stereocenters. The molecule has 1 aromatic heterocycles. The molecule has 1 saturated heterocycles. The van der Waals surface area contributed by atoms with Crippen LogP contribution >= 0.6 is 0 Å². The molecule has 0 saturated carbocycles. The maximum absolute atomic E-state index is 12.1. The topological polar surface area (TPSA) is 37.7 Å². The number of fused-ring (bicyclic) bond motifs is 1. The fourth-order valence-electron chi connectivity index (χ4n) is 4.91. The lowest BCUT2D eigenvalue weighted by atomic mass is 10.1. The summed E-state index contributed by atoms with van der Waals surface area (Å²) in [5.41, 5.74) is 5.93. The Balaban J connectivity index is 1.39. The zero-order valence-corrected chi connectivity index (χ0v) is 19.1. The van der Waals surface area contributed by atoms with Crippen molar-refractivity contribution in [3.05, 3.63) is 59.3 Å². The molecule has 0 amide bonds. The predicted molar refractivity (Wildman–Crippen MR) is 128 cm³/mol. The van der Waals surface area contributed by atoms with Crippen molar-refractivity contribution in [2.75, 3.05) is 44.7 Å². The molecule has 4 rings (SSSR count). The highest BCUT2D eigenvalue weighted by atomic mass is 16.5. The summed E-state index contributed by atoms with van der Waals surface area (Å²) in [6.45, 7) is 12.3. The first-order chi connectivity index (χ1) is 15.0. The average molecular weight is 420 g/mol. The number of carbonyl (C=O) groups is 1. The standard InChI is InChI=1S/C26H33N3O2/c1-19-8-5-9-20(2)25(19)28-16-14-27(15-17-28)12-7-13-29-18-23(21(3)30)22-10-6-11-24(31-4)26(22)29/h5-6,8-11,18H,7,12-17H2,1-4H3. The maximum Gasteiger partial charge on any atom is 0.161 e. The fourth-order valence-corrected chi connectivity index (χ4v) is 4.91. The van der Waals surface area contributed by atoms with Crippen LogP contribution in [0, 0.1) is 13.8 Å². The molecule has 0 radical (unpaired) electrons. The van der Waals surface area contributed by atoms with Gasteiger partial charge in [0.15, 0.2) is 5.78 Å². The minimum Gasteiger partial charge on any atom is -0.495 e. The Morgan fingerprint density at radius 3 is 2.29 bits per heavy atom. The third-order valence-corrected chi connectivity index (χ3v) is 6.46. The zero-order chi connectivity index (χ0) is 22.0. The van der Waals surface area contributed by atoms with E-state index in [1.807, 2.05) is 24.4 Å². The second-order valence-corrected chi connectivity index (χ2v) is 8.57. The normalized spacial score (nSPS) is 14.9. The summed E-state index contributed by atoms with van der Waals surface area (Å²) in [5, 5.41) is 0.981. The van der Waals surface area contributed by atoms with Gasteiger partial charge in [0.05, 0.1) is 12.6 Å². The number of carbonyl (C=O) groups excluding carboxylic acids is 1. The first kappa shape index (κ1) is 21.4. The van der Waals surface area contributed by atoms with Gasteiger partial charge in [-0.05, 0) is 50.9 Å². The average Bonchev–Trinajstić information content (AvgIpc) is 3.14. The molecule has 0 spiro atoms. The Bertz CT molecular complexity index is 1060. The van der Waals surface area contributed by atoms with Gasteiger partial charge in [-0.1, -0.05) is 30.3 Å². The summed E-state index contributed by atoms with van der Waals surface area (Å²) in [7, 11) is 1.69. The number of ether oxygens (including phenoxy) is 1. The number of Topliss-reactive ketones (excluding diaryl/α,β-unsaturated/α-hetero) is 1. The Morgan fingerprint density at radius 1 is 0.968 bits per heavy atom. The first-order valence-electron chi connectivity index (χ1n) is 11.2. The molecule has 0 atom stereocenters. The van der Waals surface area contributed by atoms with Gasteiger partial charge in [-0.3, -0.25) is 9.69 Å². The largest absolute Gasteiger partial charge is 0.495 e. The SMILES string of the molecule is COc1cccc2c(C(C)=O)cn(CCCN3CCN(c4c(C)cccc4C)CC3)c12. The highest BCUT2D eigenvalue weighted by Gasteiger charge is 2.20. The lowest BCUT2D eigenvalue weighted by molar-refractivity contribution is 0.101. The molecule has 0 bridgehead atoms. The van der Waals surface area contributed by atoms with Crippen LogP contribution in [0.15, 0.2) is 42.6 Å². The molecule has 1 aliphatic heterocycles. The lowest BCUT2D eigenvalue weighted by Gasteiger charge is -2.37. The third kappa shape index (κ3) is 4.33. The van der Waals surface area contributed by atoms with Crippen molar-refractivity contribution < 1.29 is 9.53 Å². The molecule has 2 aromatic carbocycles. The quantitative estimate of drug-likeness (QED) is 0.521. The molecule has 2 heterocycles. The van der Waals surface area contributed by atoms with Crippen LogP contribution in [0.3, 0.4) is 0 Å². The first-order valence-corrected chi connectivity index (χ1v) is 11.2. The van der Waals surface area contributed by atoms with E-state index in [0.29, 0.717) is 0 Å². The van der Waals surface area contributed by atoms with E-state index in [9.17, 15) is 4.79 Å². The number of aryl methyl sites for hydroxylation is 3. The number of benzene rings is 2. The van der Waals surface area contributed by atoms with Crippen LogP contribution in [0.25, 0.3) is 10.9 Å². The number of rotatable bonds is 7. The predicted octanol–water partition coefficient (Wildman–Crippen LogP) is 4.68. The number of piperazine rings is 1. The van der Waals surface area contributed by atoms with Crippen LogP contribution < -0.4 is 9.64 Å². The Hall–Kier alpha value is -2.79. The van der Waals surface area contributed by atoms with E-state index in [1.165, 1.54) is 16.8 Å². The number of methoxy groups -OCH3 is 1. The summed E-state index contributed by atoms with van der Waals surface area (Å²) >= 11 is 0. The van der Waals surface area contributed by atoms with E-state index >= 15 is 0 Å². The van der Waals surface area contributed by atoms with Crippen LogP contribution in [-0.2, 0) is 6.54 Å². The Labute approximate surface area is 185 Å². The Kier molecular flexibility index (Phi) is 6.33. The van der Waals surface area contributed by atoms with Gasteiger partial charge in [0, 0.05) is 55.6 Å². The van der Waals surface area contributed by atoms with Crippen molar-refractivity contribution in [2.45, 2.75) is 33.7 Å². The van der Waals surface area contributed by atoms with Crippen LogP contribution in [0.2, 0.25) is 0 Å². The molecule has 164 valence electrons. The highest BCUT2D eigenvalue weighted by molar-refractivity contribution is 6.08. The smallest absolute Gasteiger partial charge is 0.161 e.